The maximum atomic E-state index is 5.53. The molecule has 2 aromatic heterocycles. The number of nitrogens with one attached hydrogen (secondary N) is 1. The van der Waals surface area contributed by atoms with Crippen molar-refractivity contribution in [1.29, 1.82) is 0 Å². The first-order chi connectivity index (χ1) is 13.9. The zero-order valence-electron chi connectivity index (χ0n) is 15.5. The third-order valence-electron chi connectivity index (χ3n) is 4.94. The maximum Gasteiger partial charge on any atom is 0.205 e. The molecule has 0 radical (unpaired) electrons. The summed E-state index contributed by atoms with van der Waals surface area (Å²) in [5.74, 6) is 1.64. The van der Waals surface area contributed by atoms with E-state index in [1.54, 1.807) is 6.33 Å². The van der Waals surface area contributed by atoms with Crippen molar-refractivity contribution in [1.82, 2.24) is 24.8 Å². The molecule has 4 heterocycles. The van der Waals surface area contributed by atoms with Crippen LogP contribution in [0.1, 0.15) is 11.3 Å². The molecule has 1 saturated heterocycles. The third-order valence-corrected chi connectivity index (χ3v) is 4.94. The quantitative estimate of drug-likeness (QED) is 0.756. The number of H-pyrrole nitrogens is 1. The van der Waals surface area contributed by atoms with Crippen molar-refractivity contribution in [2.45, 2.75) is 6.54 Å². The SMILES string of the molecule is c1ccc(CN2CN=C(c3cccc4[nH]cnc34)N=C2N2CCOCC2)nc1. The number of pyridine rings is 1. The predicted molar refractivity (Wildman–Crippen MR) is 107 cm³/mol. The number of benzene rings is 1. The number of morpholine rings is 1. The van der Waals surface area contributed by atoms with Gasteiger partial charge in [-0.3, -0.25) is 4.98 Å². The van der Waals surface area contributed by atoms with Crippen LogP contribution in [-0.2, 0) is 11.3 Å². The summed E-state index contributed by atoms with van der Waals surface area (Å²) >= 11 is 0. The number of fused-ring (bicyclic) bond motifs is 1. The Hall–Kier alpha value is -3.26. The standard InChI is InChI=1S/C20H21N7O/c1-2-7-21-15(4-1)12-27-14-24-19(25-20(27)26-8-10-28-11-9-26)16-5-3-6-17-18(16)23-13-22-17/h1-7,13H,8-12,14H2,(H,22,23). The molecular formula is C20H21N7O. The Morgan fingerprint density at radius 2 is 1.96 bits per heavy atom. The number of para-hydroxylation sites is 1. The minimum absolute atomic E-state index is 0.531. The molecule has 0 saturated carbocycles. The zero-order valence-corrected chi connectivity index (χ0v) is 15.5. The Bertz CT molecular complexity index is 1020. The van der Waals surface area contributed by atoms with E-state index in [9.17, 15) is 0 Å². The van der Waals surface area contributed by atoms with Crippen LogP contribution >= 0.6 is 0 Å². The van der Waals surface area contributed by atoms with Crippen LogP contribution in [0.2, 0.25) is 0 Å². The Labute approximate surface area is 162 Å². The summed E-state index contributed by atoms with van der Waals surface area (Å²) in [5, 5.41) is 0. The van der Waals surface area contributed by atoms with Crippen molar-refractivity contribution in [3.05, 3.63) is 60.2 Å². The number of ether oxygens (including phenoxy) is 1. The van der Waals surface area contributed by atoms with E-state index in [2.05, 4.69) is 24.8 Å². The van der Waals surface area contributed by atoms with Crippen molar-refractivity contribution < 1.29 is 4.74 Å². The number of amidine groups is 1. The first kappa shape index (κ1) is 16.9. The third kappa shape index (κ3) is 3.22. The average molecular weight is 375 g/mol. The van der Waals surface area contributed by atoms with Crippen molar-refractivity contribution in [2.24, 2.45) is 9.98 Å². The molecule has 1 aromatic carbocycles. The summed E-state index contributed by atoms with van der Waals surface area (Å²) in [5.41, 5.74) is 3.82. The summed E-state index contributed by atoms with van der Waals surface area (Å²) in [6, 6.07) is 12.0. The molecule has 0 bridgehead atoms. The molecule has 0 atom stereocenters. The van der Waals surface area contributed by atoms with Gasteiger partial charge in [0.2, 0.25) is 5.96 Å². The van der Waals surface area contributed by atoms with Crippen LogP contribution in [0.15, 0.2) is 58.9 Å². The highest BCUT2D eigenvalue weighted by Gasteiger charge is 2.26. The average Bonchev–Trinajstić information content (AvgIpc) is 3.24. The van der Waals surface area contributed by atoms with Gasteiger partial charge in [-0.15, -0.1) is 0 Å². The van der Waals surface area contributed by atoms with Crippen LogP contribution in [-0.4, -0.2) is 69.5 Å². The van der Waals surface area contributed by atoms with Crippen molar-refractivity contribution in [3.8, 4) is 0 Å². The number of aromatic nitrogens is 3. The van der Waals surface area contributed by atoms with Gasteiger partial charge in [0, 0.05) is 24.8 Å². The Kier molecular flexibility index (Phi) is 4.46. The molecule has 1 fully saturated rings. The van der Waals surface area contributed by atoms with Gasteiger partial charge >= 0.3 is 0 Å². The van der Waals surface area contributed by atoms with E-state index in [1.807, 2.05) is 42.6 Å². The van der Waals surface area contributed by atoms with Crippen molar-refractivity contribution in [2.75, 3.05) is 33.0 Å². The fraction of sp³-hybridized carbons (Fsp3) is 0.300. The molecule has 8 nitrogen and oxygen atoms in total. The highest BCUT2D eigenvalue weighted by Crippen LogP contribution is 2.20. The van der Waals surface area contributed by atoms with Crippen molar-refractivity contribution in [3.63, 3.8) is 0 Å². The second-order valence-corrected chi connectivity index (χ2v) is 6.76. The predicted octanol–water partition coefficient (Wildman–Crippen LogP) is 1.87. The number of hydrogen-bond acceptors (Lipinski definition) is 7. The van der Waals surface area contributed by atoms with Gasteiger partial charge < -0.3 is 19.5 Å². The molecule has 28 heavy (non-hydrogen) atoms. The summed E-state index contributed by atoms with van der Waals surface area (Å²) in [4.78, 5) is 26.2. The van der Waals surface area contributed by atoms with Gasteiger partial charge in [0.1, 0.15) is 6.67 Å². The van der Waals surface area contributed by atoms with E-state index in [1.165, 1.54) is 0 Å². The summed E-state index contributed by atoms with van der Waals surface area (Å²) in [6.07, 6.45) is 3.52. The van der Waals surface area contributed by atoms with Crippen LogP contribution < -0.4 is 0 Å². The first-order valence-corrected chi connectivity index (χ1v) is 9.42. The lowest BCUT2D eigenvalue weighted by Gasteiger charge is -2.37. The number of imidazole rings is 1. The molecule has 0 spiro atoms. The normalized spacial score (nSPS) is 17.6. The first-order valence-electron chi connectivity index (χ1n) is 9.42. The van der Waals surface area contributed by atoms with E-state index in [0.29, 0.717) is 26.4 Å². The largest absolute Gasteiger partial charge is 0.378 e. The van der Waals surface area contributed by atoms with E-state index in [0.717, 1.165) is 47.2 Å². The fourth-order valence-corrected chi connectivity index (χ4v) is 3.55. The van der Waals surface area contributed by atoms with Crippen LogP contribution in [0.4, 0.5) is 0 Å². The Morgan fingerprint density at radius 3 is 2.82 bits per heavy atom. The zero-order chi connectivity index (χ0) is 18.8. The second-order valence-electron chi connectivity index (χ2n) is 6.76. The van der Waals surface area contributed by atoms with Gasteiger partial charge in [-0.1, -0.05) is 12.1 Å². The molecule has 2 aliphatic heterocycles. The lowest BCUT2D eigenvalue weighted by Crippen LogP contribution is -2.50. The maximum absolute atomic E-state index is 5.53. The minimum atomic E-state index is 0.531. The molecule has 3 aromatic rings. The Balaban J connectivity index is 1.50. The topological polar surface area (TPSA) is 82.0 Å². The molecule has 0 unspecified atom stereocenters. The van der Waals surface area contributed by atoms with Crippen LogP contribution in [0.25, 0.3) is 11.0 Å². The number of hydrogen-bond donors (Lipinski definition) is 1. The van der Waals surface area contributed by atoms with E-state index < -0.39 is 0 Å². The molecule has 0 amide bonds. The molecule has 0 aliphatic carbocycles. The molecular weight excluding hydrogens is 354 g/mol. The number of nitrogens with zero attached hydrogens (tertiary/aromatic N) is 6. The second kappa shape index (κ2) is 7.40. The van der Waals surface area contributed by atoms with Crippen LogP contribution in [0.5, 0.6) is 0 Å². The van der Waals surface area contributed by atoms with E-state index >= 15 is 0 Å². The number of aliphatic imine (C=N–C) groups is 2. The van der Waals surface area contributed by atoms with Gasteiger partial charge in [-0.05, 0) is 24.3 Å². The lowest BCUT2D eigenvalue weighted by atomic mass is 10.1. The van der Waals surface area contributed by atoms with Crippen LogP contribution in [0, 0.1) is 0 Å². The highest BCUT2D eigenvalue weighted by molar-refractivity contribution is 6.13. The monoisotopic (exact) mass is 375 g/mol. The van der Waals surface area contributed by atoms with Gasteiger partial charge in [0.15, 0.2) is 5.84 Å². The number of aromatic amines is 1. The Morgan fingerprint density at radius 1 is 1.04 bits per heavy atom. The van der Waals surface area contributed by atoms with Crippen LogP contribution in [0.3, 0.4) is 0 Å². The molecule has 5 rings (SSSR count). The molecule has 142 valence electrons. The minimum Gasteiger partial charge on any atom is -0.378 e. The molecule has 1 N–H and O–H groups in total. The van der Waals surface area contributed by atoms with E-state index in [-0.39, 0.29) is 0 Å². The molecule has 2 aliphatic rings. The van der Waals surface area contributed by atoms with Gasteiger partial charge in [0.25, 0.3) is 0 Å². The molecule has 8 heteroatoms. The fourth-order valence-electron chi connectivity index (χ4n) is 3.55. The van der Waals surface area contributed by atoms with Gasteiger partial charge in [-0.2, -0.15) is 4.99 Å². The number of rotatable bonds is 3. The van der Waals surface area contributed by atoms with Gasteiger partial charge in [-0.25, -0.2) is 9.98 Å². The van der Waals surface area contributed by atoms with Crippen molar-refractivity contribution >= 4 is 22.8 Å². The number of guanidine groups is 1. The van der Waals surface area contributed by atoms with Gasteiger partial charge in [0.05, 0.1) is 42.8 Å². The highest BCUT2D eigenvalue weighted by atomic mass is 16.5. The summed E-state index contributed by atoms with van der Waals surface area (Å²) in [6.45, 7) is 4.24. The summed E-state index contributed by atoms with van der Waals surface area (Å²) in [7, 11) is 0. The lowest BCUT2D eigenvalue weighted by molar-refractivity contribution is 0.0618. The summed E-state index contributed by atoms with van der Waals surface area (Å²) < 4.78 is 5.53. The van der Waals surface area contributed by atoms with E-state index in [4.69, 9.17) is 14.7 Å². The smallest absolute Gasteiger partial charge is 0.205 e.